The molecule has 5 amide bonds. The monoisotopic (exact) mass is 867 g/mol. The van der Waals surface area contributed by atoms with Crippen LogP contribution in [0.3, 0.4) is 0 Å². The zero-order chi connectivity index (χ0) is 45.2. The summed E-state index contributed by atoms with van der Waals surface area (Å²) in [7, 11) is 1.59. The lowest BCUT2D eigenvalue weighted by Gasteiger charge is -2.67. The average Bonchev–Trinajstić information content (AvgIpc) is 3.71. The van der Waals surface area contributed by atoms with Crippen molar-refractivity contribution >= 4 is 35.2 Å². The summed E-state index contributed by atoms with van der Waals surface area (Å²) < 4.78 is 21.0. The van der Waals surface area contributed by atoms with Gasteiger partial charge in [0.05, 0.1) is 47.3 Å². The minimum absolute atomic E-state index is 0.0153. The Balaban J connectivity index is 0.768. The van der Waals surface area contributed by atoms with Crippen molar-refractivity contribution in [1.82, 2.24) is 25.0 Å². The summed E-state index contributed by atoms with van der Waals surface area (Å²) in [6.07, 6.45) is 5.78. The highest BCUT2D eigenvalue weighted by atomic mass is 19.1. The maximum atomic E-state index is 15.5. The van der Waals surface area contributed by atoms with Crippen LogP contribution in [0.4, 0.5) is 10.1 Å². The van der Waals surface area contributed by atoms with Crippen molar-refractivity contribution in [3.8, 4) is 23.7 Å². The molecule has 332 valence electrons. The number of aryl methyl sites for hydroxylation is 1. The Hall–Kier alpha value is -6.12. The Kier molecular flexibility index (Phi) is 11.1. The number of benzene rings is 2. The zero-order valence-electron chi connectivity index (χ0n) is 37.1. The van der Waals surface area contributed by atoms with Gasteiger partial charge in [-0.15, -0.1) is 0 Å². The maximum absolute atomic E-state index is 15.5. The lowest BCUT2D eigenvalue weighted by Crippen LogP contribution is -2.69. The van der Waals surface area contributed by atoms with Crippen LogP contribution in [0.2, 0.25) is 0 Å². The number of nitrogens with one attached hydrogen (secondary N) is 1. The lowest BCUT2D eigenvalue weighted by atomic mass is 9.43. The molecule has 1 atom stereocenters. The number of piperidine rings is 1. The topological polar surface area (TPSA) is 156 Å². The van der Waals surface area contributed by atoms with Crippen LogP contribution in [-0.2, 0) is 22.6 Å². The molecule has 13 nitrogen and oxygen atoms in total. The molecule has 1 aromatic heterocycles. The number of halogens is 1. The molecule has 0 radical (unpaired) electrons. The Labute approximate surface area is 373 Å². The van der Waals surface area contributed by atoms with Gasteiger partial charge in [0.2, 0.25) is 11.8 Å². The average molecular weight is 868 g/mol. The van der Waals surface area contributed by atoms with Gasteiger partial charge in [0, 0.05) is 50.6 Å². The fraction of sp³-hybridized carbons (Fsp3) is 0.500. The third-order valence-electron chi connectivity index (χ3n) is 15.2. The first-order valence-corrected chi connectivity index (χ1v) is 22.5. The van der Waals surface area contributed by atoms with E-state index < -0.39 is 35.5 Å². The van der Waals surface area contributed by atoms with E-state index in [1.807, 2.05) is 40.1 Å². The number of hydrogen-bond donors (Lipinski definition) is 1. The van der Waals surface area contributed by atoms with E-state index in [4.69, 9.17) is 9.72 Å². The smallest absolute Gasteiger partial charge is 0.262 e. The number of pyridine rings is 1. The van der Waals surface area contributed by atoms with E-state index in [9.17, 15) is 29.2 Å². The number of fused-ring (bicyclic) bond motifs is 2. The summed E-state index contributed by atoms with van der Waals surface area (Å²) >= 11 is 0. The Morgan fingerprint density at radius 1 is 0.859 bits per heavy atom. The largest absolute Gasteiger partial charge is 0.495 e. The quantitative estimate of drug-likeness (QED) is 0.215. The Morgan fingerprint density at radius 2 is 1.56 bits per heavy atom. The van der Waals surface area contributed by atoms with Crippen LogP contribution >= 0.6 is 0 Å². The highest BCUT2D eigenvalue weighted by Gasteiger charge is 2.64. The van der Waals surface area contributed by atoms with E-state index in [-0.39, 0.29) is 58.4 Å². The molecular formula is C50H54FN7O6. The summed E-state index contributed by atoms with van der Waals surface area (Å²) in [5, 5.41) is 11.6. The van der Waals surface area contributed by atoms with Crippen LogP contribution in [0, 0.1) is 51.7 Å². The van der Waals surface area contributed by atoms with E-state index in [1.54, 1.807) is 7.11 Å². The molecule has 0 bridgehead atoms. The molecule has 14 heteroatoms. The number of hydrogen-bond acceptors (Lipinski definition) is 10. The summed E-state index contributed by atoms with van der Waals surface area (Å²) in [5.74, 6) is 4.96. The predicted molar refractivity (Wildman–Crippen MR) is 234 cm³/mol. The van der Waals surface area contributed by atoms with Crippen molar-refractivity contribution in [2.75, 3.05) is 38.2 Å². The van der Waals surface area contributed by atoms with Gasteiger partial charge in [0.15, 0.2) is 0 Å². The first-order chi connectivity index (χ1) is 30.6. The molecule has 4 aliphatic heterocycles. The summed E-state index contributed by atoms with van der Waals surface area (Å²) in [6, 6.07) is 13.6. The van der Waals surface area contributed by atoms with Gasteiger partial charge in [-0.2, -0.15) is 5.26 Å². The normalized spacial score (nSPS) is 26.1. The van der Waals surface area contributed by atoms with Gasteiger partial charge in [-0.1, -0.05) is 39.7 Å². The molecule has 2 saturated heterocycles. The molecule has 2 saturated carbocycles. The third kappa shape index (κ3) is 7.39. The number of anilines is 1. The van der Waals surface area contributed by atoms with Crippen LogP contribution in [0.25, 0.3) is 0 Å². The number of ether oxygens (including phenoxy) is 1. The SMILES string of the molecule is COc1cc(CCC2C(C)(C)C(N3Cc4nc(C#CC5CCC(N6CCN(c7cc8c(cc7F)C(=O)N(C7CCC(=O)NC7=O)C8=O)CC6)CC5)ccc4C3=O)C2(C)C)ccc1C#N. The van der Waals surface area contributed by atoms with Crippen molar-refractivity contribution in [3.63, 3.8) is 0 Å². The van der Waals surface area contributed by atoms with E-state index in [1.165, 1.54) is 6.07 Å². The van der Waals surface area contributed by atoms with Crippen LogP contribution < -0.4 is 15.0 Å². The number of nitriles is 1. The minimum atomic E-state index is -1.10. The van der Waals surface area contributed by atoms with E-state index in [0.717, 1.165) is 73.8 Å². The molecule has 64 heavy (non-hydrogen) atoms. The van der Waals surface area contributed by atoms with Gasteiger partial charge < -0.3 is 14.5 Å². The fourth-order valence-electron chi connectivity index (χ4n) is 12.3. The van der Waals surface area contributed by atoms with Crippen molar-refractivity contribution < 1.29 is 33.1 Å². The van der Waals surface area contributed by atoms with E-state index in [0.29, 0.717) is 54.2 Å². The summed E-state index contributed by atoms with van der Waals surface area (Å²) in [6.45, 7) is 12.1. The van der Waals surface area contributed by atoms with E-state index >= 15 is 4.39 Å². The number of methoxy groups -OCH3 is 1. The lowest BCUT2D eigenvalue weighted by molar-refractivity contribution is -0.170. The van der Waals surface area contributed by atoms with Gasteiger partial charge in [-0.3, -0.25) is 39.1 Å². The summed E-state index contributed by atoms with van der Waals surface area (Å²) in [5.41, 5.74) is 3.84. The molecule has 2 aliphatic carbocycles. The number of aromatic nitrogens is 1. The van der Waals surface area contributed by atoms with Gasteiger partial charge in [-0.25, -0.2) is 9.37 Å². The van der Waals surface area contributed by atoms with Crippen molar-refractivity contribution in [2.24, 2.45) is 22.7 Å². The number of carbonyl (C=O) groups excluding carboxylic acids is 5. The number of imide groups is 2. The maximum Gasteiger partial charge on any atom is 0.262 e. The standard InChI is InChI=1S/C50H54FN7O6/c1-49(2)42(18-10-30-6-11-31(27-52)41(24-30)64-5)50(3,4)48(49)57-28-38-34(45(57)61)16-13-32(53-38)12-7-29-8-14-33(15-9-29)55-20-22-56(23-21-55)40-26-36-35(25-37(40)51)46(62)58(47(36)63)39-17-19-43(59)54-44(39)60/h6,11,13,16,24-26,29,33,39,42,48H,8-10,14-15,17-23,28H2,1-5H3,(H,54,59,60). The van der Waals surface area contributed by atoms with Crippen molar-refractivity contribution in [1.29, 1.82) is 5.26 Å². The number of nitrogens with zero attached hydrogens (tertiary/aromatic N) is 6. The van der Waals surface area contributed by atoms with E-state index in [2.05, 4.69) is 55.8 Å². The van der Waals surface area contributed by atoms with Gasteiger partial charge in [0.1, 0.15) is 29.4 Å². The fourth-order valence-corrected chi connectivity index (χ4v) is 12.3. The summed E-state index contributed by atoms with van der Waals surface area (Å²) in [4.78, 5) is 76.7. The predicted octanol–water partition coefficient (Wildman–Crippen LogP) is 5.87. The molecule has 6 aliphatic rings. The molecule has 5 heterocycles. The van der Waals surface area contributed by atoms with Crippen LogP contribution in [0.15, 0.2) is 42.5 Å². The second-order valence-corrected chi connectivity index (χ2v) is 19.5. The molecule has 0 spiro atoms. The molecule has 9 rings (SSSR count). The molecule has 3 aromatic rings. The molecule has 4 fully saturated rings. The van der Waals surface area contributed by atoms with Gasteiger partial charge >= 0.3 is 0 Å². The van der Waals surface area contributed by atoms with Crippen LogP contribution in [0.1, 0.15) is 126 Å². The van der Waals surface area contributed by atoms with Crippen molar-refractivity contribution in [2.45, 2.75) is 104 Å². The molecule has 2 aromatic carbocycles. The second kappa shape index (κ2) is 16.5. The van der Waals surface area contributed by atoms with Crippen molar-refractivity contribution in [3.05, 3.63) is 87.5 Å². The zero-order valence-corrected chi connectivity index (χ0v) is 37.1. The Morgan fingerprint density at radius 3 is 2.23 bits per heavy atom. The number of piperazine rings is 1. The Bertz CT molecular complexity index is 2560. The number of amides is 5. The third-order valence-corrected chi connectivity index (χ3v) is 15.2. The molecule has 1 unspecified atom stereocenters. The molecular weight excluding hydrogens is 814 g/mol. The van der Waals surface area contributed by atoms with Crippen LogP contribution in [0.5, 0.6) is 5.75 Å². The second-order valence-electron chi connectivity index (χ2n) is 19.5. The highest BCUT2D eigenvalue weighted by Crippen LogP contribution is 2.63. The first-order valence-electron chi connectivity index (χ1n) is 22.5. The van der Waals surface area contributed by atoms with Gasteiger partial charge in [-0.05, 0) is 110 Å². The van der Waals surface area contributed by atoms with Gasteiger partial charge in [0.25, 0.3) is 17.7 Å². The minimum Gasteiger partial charge on any atom is -0.495 e. The highest BCUT2D eigenvalue weighted by molar-refractivity contribution is 6.23. The first kappa shape index (κ1) is 43.1. The van der Waals surface area contributed by atoms with Crippen LogP contribution in [-0.4, -0.2) is 101 Å². The molecule has 1 N–H and O–H groups in total. The number of carbonyl (C=O) groups is 5. The number of rotatable bonds is 8.